The van der Waals surface area contributed by atoms with Crippen LogP contribution in [0.3, 0.4) is 0 Å². The van der Waals surface area contributed by atoms with Crippen LogP contribution in [0, 0.1) is 5.92 Å². The first kappa shape index (κ1) is 24.0. The molecule has 3 aromatic rings. The second-order valence-corrected chi connectivity index (χ2v) is 8.50. The molecule has 0 aliphatic carbocycles. The van der Waals surface area contributed by atoms with Crippen molar-refractivity contribution in [2.45, 2.75) is 52.6 Å². The maximum absolute atomic E-state index is 13.1. The molecular formula is C26H32N4O3. The minimum Gasteiger partial charge on any atom is -0.361 e. The summed E-state index contributed by atoms with van der Waals surface area (Å²) in [7, 11) is 0. The summed E-state index contributed by atoms with van der Waals surface area (Å²) >= 11 is 0. The van der Waals surface area contributed by atoms with Gasteiger partial charge in [0.25, 0.3) is 0 Å². The largest absolute Gasteiger partial charge is 0.361 e. The number of anilines is 1. The number of H-pyrrole nitrogens is 1. The summed E-state index contributed by atoms with van der Waals surface area (Å²) in [5, 5.41) is 9.72. The fraction of sp³-hybridized carbons (Fsp3) is 0.346. The highest BCUT2D eigenvalue weighted by molar-refractivity contribution is 5.91. The first-order valence-electron chi connectivity index (χ1n) is 11.4. The number of aromatic nitrogens is 1. The fourth-order valence-corrected chi connectivity index (χ4v) is 3.59. The summed E-state index contributed by atoms with van der Waals surface area (Å²) in [6.45, 7) is 5.84. The Balaban J connectivity index is 1.70. The van der Waals surface area contributed by atoms with Crippen molar-refractivity contribution in [2.75, 3.05) is 5.32 Å². The third-order valence-corrected chi connectivity index (χ3v) is 5.41. The average molecular weight is 449 g/mol. The lowest BCUT2D eigenvalue weighted by atomic mass is 10.0. The number of carbonyl (C=O) groups is 3. The zero-order chi connectivity index (χ0) is 23.8. The lowest BCUT2D eigenvalue weighted by molar-refractivity contribution is -0.130. The van der Waals surface area contributed by atoms with Crippen LogP contribution >= 0.6 is 0 Å². The average Bonchev–Trinajstić information content (AvgIpc) is 3.20. The molecule has 0 saturated heterocycles. The molecular weight excluding hydrogens is 416 g/mol. The van der Waals surface area contributed by atoms with Gasteiger partial charge in [0.1, 0.15) is 6.04 Å². The Hall–Kier alpha value is -3.61. The summed E-state index contributed by atoms with van der Waals surface area (Å²) in [6.07, 6.45) is 3.50. The van der Waals surface area contributed by atoms with E-state index in [1.165, 1.54) is 0 Å². The van der Waals surface area contributed by atoms with Gasteiger partial charge in [0.15, 0.2) is 0 Å². The van der Waals surface area contributed by atoms with Crippen LogP contribution in [0.2, 0.25) is 0 Å². The standard InChI is InChI=1S/C26H32N4O3/c1-4-8-24(31)29-20-10-7-9-18(13-20)15-28-26(33)23(30-25(32)17(2)3)14-19-16-27-22-12-6-5-11-21(19)22/h5-7,9-13,16-17,23,27H,4,8,14-15H2,1-3H3,(H,28,33)(H,29,31)(H,30,32). The molecule has 2 aromatic carbocycles. The van der Waals surface area contributed by atoms with Gasteiger partial charge in [-0.25, -0.2) is 0 Å². The molecule has 7 heteroatoms. The maximum atomic E-state index is 13.1. The maximum Gasteiger partial charge on any atom is 0.243 e. The lowest BCUT2D eigenvalue weighted by Crippen LogP contribution is -2.48. The van der Waals surface area contributed by atoms with Gasteiger partial charge in [-0.2, -0.15) is 0 Å². The number of hydrogen-bond donors (Lipinski definition) is 4. The number of hydrogen-bond acceptors (Lipinski definition) is 3. The van der Waals surface area contributed by atoms with Crippen LogP contribution in [0.5, 0.6) is 0 Å². The first-order valence-corrected chi connectivity index (χ1v) is 11.4. The Bertz CT molecular complexity index is 1120. The SMILES string of the molecule is CCCC(=O)Nc1cccc(CNC(=O)C(Cc2c[nH]c3ccccc23)NC(=O)C(C)C)c1. The molecule has 0 saturated carbocycles. The van der Waals surface area contributed by atoms with Crippen molar-refractivity contribution in [3.8, 4) is 0 Å². The van der Waals surface area contributed by atoms with Crippen LogP contribution in [-0.2, 0) is 27.3 Å². The molecule has 3 amide bonds. The molecule has 0 spiro atoms. The second kappa shape index (κ2) is 11.3. The topological polar surface area (TPSA) is 103 Å². The molecule has 174 valence electrons. The number of carbonyl (C=O) groups excluding carboxylic acids is 3. The molecule has 0 bridgehead atoms. The Morgan fingerprint density at radius 3 is 2.55 bits per heavy atom. The molecule has 0 radical (unpaired) electrons. The van der Waals surface area contributed by atoms with Gasteiger partial charge < -0.3 is 20.9 Å². The number of rotatable bonds is 10. The van der Waals surface area contributed by atoms with Crippen molar-refractivity contribution in [2.24, 2.45) is 5.92 Å². The highest BCUT2D eigenvalue weighted by atomic mass is 16.2. The first-order chi connectivity index (χ1) is 15.9. The van der Waals surface area contributed by atoms with Gasteiger partial charge in [-0.05, 0) is 35.7 Å². The zero-order valence-corrected chi connectivity index (χ0v) is 19.4. The van der Waals surface area contributed by atoms with Gasteiger partial charge in [-0.1, -0.05) is 51.1 Å². The van der Waals surface area contributed by atoms with Gasteiger partial charge >= 0.3 is 0 Å². The van der Waals surface area contributed by atoms with Crippen LogP contribution in [0.1, 0.15) is 44.7 Å². The molecule has 1 aromatic heterocycles. The Kier molecular flexibility index (Phi) is 8.24. The fourth-order valence-electron chi connectivity index (χ4n) is 3.59. The van der Waals surface area contributed by atoms with Gasteiger partial charge in [0.05, 0.1) is 0 Å². The van der Waals surface area contributed by atoms with Gasteiger partial charge in [-0.3, -0.25) is 14.4 Å². The minimum atomic E-state index is -0.702. The molecule has 0 fully saturated rings. The van der Waals surface area contributed by atoms with E-state index in [1.807, 2.05) is 61.7 Å². The van der Waals surface area contributed by atoms with E-state index in [0.29, 0.717) is 18.5 Å². The molecule has 1 atom stereocenters. The number of fused-ring (bicyclic) bond motifs is 1. The third-order valence-electron chi connectivity index (χ3n) is 5.41. The second-order valence-electron chi connectivity index (χ2n) is 8.50. The van der Waals surface area contributed by atoms with E-state index in [9.17, 15) is 14.4 Å². The summed E-state index contributed by atoms with van der Waals surface area (Å²) in [5.41, 5.74) is 3.52. The van der Waals surface area contributed by atoms with Crippen molar-refractivity contribution in [3.63, 3.8) is 0 Å². The zero-order valence-electron chi connectivity index (χ0n) is 19.4. The predicted octanol–water partition coefficient (Wildman–Crippen LogP) is 3.91. The van der Waals surface area contributed by atoms with E-state index < -0.39 is 6.04 Å². The number of amides is 3. The molecule has 4 N–H and O–H groups in total. The number of aromatic amines is 1. The van der Waals surface area contributed by atoms with Gasteiger partial charge in [-0.15, -0.1) is 0 Å². The van der Waals surface area contributed by atoms with Crippen molar-refractivity contribution in [3.05, 3.63) is 65.9 Å². The quantitative estimate of drug-likeness (QED) is 0.378. The summed E-state index contributed by atoms with van der Waals surface area (Å²) in [5.74, 6) is -0.689. The van der Waals surface area contributed by atoms with Gasteiger partial charge in [0.2, 0.25) is 17.7 Å². The normalized spacial score (nSPS) is 11.9. The van der Waals surface area contributed by atoms with Crippen LogP contribution in [0.4, 0.5) is 5.69 Å². The van der Waals surface area contributed by atoms with E-state index in [4.69, 9.17) is 0 Å². The number of para-hydroxylation sites is 1. The molecule has 33 heavy (non-hydrogen) atoms. The van der Waals surface area contributed by atoms with Gasteiger partial charge in [0, 0.05) is 48.1 Å². The van der Waals surface area contributed by atoms with Crippen molar-refractivity contribution >= 4 is 34.3 Å². The highest BCUT2D eigenvalue weighted by Crippen LogP contribution is 2.19. The van der Waals surface area contributed by atoms with Crippen LogP contribution in [0.25, 0.3) is 10.9 Å². The number of nitrogens with one attached hydrogen (secondary N) is 4. The molecule has 3 rings (SSSR count). The van der Waals surface area contributed by atoms with Crippen LogP contribution in [-0.4, -0.2) is 28.7 Å². The van der Waals surface area contributed by atoms with E-state index in [0.717, 1.165) is 28.5 Å². The van der Waals surface area contributed by atoms with E-state index in [-0.39, 0.29) is 30.2 Å². The monoisotopic (exact) mass is 448 g/mol. The minimum absolute atomic E-state index is 0.0334. The van der Waals surface area contributed by atoms with Crippen molar-refractivity contribution < 1.29 is 14.4 Å². The molecule has 0 aliphatic rings. The number of benzene rings is 2. The highest BCUT2D eigenvalue weighted by Gasteiger charge is 2.23. The molecule has 0 aliphatic heterocycles. The predicted molar refractivity (Wildman–Crippen MR) is 131 cm³/mol. The summed E-state index contributed by atoms with van der Waals surface area (Å²) < 4.78 is 0. The van der Waals surface area contributed by atoms with Crippen molar-refractivity contribution in [1.29, 1.82) is 0 Å². The Morgan fingerprint density at radius 2 is 1.79 bits per heavy atom. The van der Waals surface area contributed by atoms with Crippen molar-refractivity contribution in [1.82, 2.24) is 15.6 Å². The molecule has 1 unspecified atom stereocenters. The van der Waals surface area contributed by atoms with E-state index in [1.54, 1.807) is 13.8 Å². The Morgan fingerprint density at radius 1 is 1.00 bits per heavy atom. The molecule has 7 nitrogen and oxygen atoms in total. The Labute approximate surface area is 194 Å². The molecule has 1 heterocycles. The smallest absolute Gasteiger partial charge is 0.243 e. The third kappa shape index (κ3) is 6.68. The van der Waals surface area contributed by atoms with E-state index >= 15 is 0 Å². The van der Waals surface area contributed by atoms with E-state index in [2.05, 4.69) is 20.9 Å². The lowest BCUT2D eigenvalue weighted by Gasteiger charge is -2.20. The summed E-state index contributed by atoms with van der Waals surface area (Å²) in [4.78, 5) is 40.5. The van der Waals surface area contributed by atoms with Crippen LogP contribution in [0.15, 0.2) is 54.7 Å². The summed E-state index contributed by atoms with van der Waals surface area (Å²) in [6, 6.07) is 14.6. The van der Waals surface area contributed by atoms with Crippen LogP contribution < -0.4 is 16.0 Å².